The van der Waals surface area contributed by atoms with Crippen LogP contribution in [0.25, 0.3) is 0 Å². The first kappa shape index (κ1) is 7.99. The van der Waals surface area contributed by atoms with Crippen molar-refractivity contribution >= 4 is 0 Å². The molecule has 1 fully saturated rings. The summed E-state index contributed by atoms with van der Waals surface area (Å²) in [5.41, 5.74) is -0.936. The average molecular weight is 145 g/mol. The number of hydrogen-bond donors (Lipinski definition) is 1. The number of halogens is 1. The van der Waals surface area contributed by atoms with Crippen molar-refractivity contribution in [2.45, 2.75) is 44.8 Å². The van der Waals surface area contributed by atoms with E-state index in [4.69, 9.17) is 0 Å². The van der Waals surface area contributed by atoms with Crippen LogP contribution in [0.1, 0.15) is 33.6 Å². The summed E-state index contributed by atoms with van der Waals surface area (Å²) >= 11 is 0. The van der Waals surface area contributed by atoms with Crippen molar-refractivity contribution < 1.29 is 4.39 Å². The molecular weight excluding hydrogens is 129 g/mol. The van der Waals surface area contributed by atoms with Crippen LogP contribution in [0.5, 0.6) is 0 Å². The molecule has 0 saturated carbocycles. The van der Waals surface area contributed by atoms with Gasteiger partial charge in [-0.1, -0.05) is 6.92 Å². The zero-order valence-electron chi connectivity index (χ0n) is 7.00. The molecule has 1 aliphatic heterocycles. The molecule has 60 valence electrons. The van der Waals surface area contributed by atoms with Crippen molar-refractivity contribution in [3.63, 3.8) is 0 Å². The SMILES string of the molecule is CCC1(C)CC(C)(F)CN1. The highest BCUT2D eigenvalue weighted by Gasteiger charge is 2.41. The maximum atomic E-state index is 13.2. The third-order valence-electron chi connectivity index (χ3n) is 2.42. The van der Waals surface area contributed by atoms with E-state index in [1.54, 1.807) is 6.92 Å². The van der Waals surface area contributed by atoms with Crippen molar-refractivity contribution in [2.75, 3.05) is 6.54 Å². The quantitative estimate of drug-likeness (QED) is 0.594. The highest BCUT2D eigenvalue weighted by molar-refractivity contribution is 4.99. The van der Waals surface area contributed by atoms with Crippen molar-refractivity contribution in [3.8, 4) is 0 Å². The summed E-state index contributed by atoms with van der Waals surface area (Å²) in [6.07, 6.45) is 1.66. The predicted octanol–water partition coefficient (Wildman–Crippen LogP) is 1.88. The van der Waals surface area contributed by atoms with E-state index in [0.717, 1.165) is 6.42 Å². The summed E-state index contributed by atoms with van der Waals surface area (Å²) in [4.78, 5) is 0. The van der Waals surface area contributed by atoms with Gasteiger partial charge >= 0.3 is 0 Å². The summed E-state index contributed by atoms with van der Waals surface area (Å²) in [5, 5.41) is 3.20. The Balaban J connectivity index is 2.57. The van der Waals surface area contributed by atoms with E-state index in [1.165, 1.54) is 0 Å². The van der Waals surface area contributed by atoms with Crippen LogP contribution >= 0.6 is 0 Å². The Morgan fingerprint density at radius 3 is 2.30 bits per heavy atom. The minimum absolute atomic E-state index is 0.0451. The molecule has 2 heteroatoms. The molecule has 10 heavy (non-hydrogen) atoms. The molecule has 0 aromatic heterocycles. The monoisotopic (exact) mass is 145 g/mol. The summed E-state index contributed by atoms with van der Waals surface area (Å²) in [6, 6.07) is 0. The number of alkyl halides is 1. The fourth-order valence-corrected chi connectivity index (χ4v) is 1.59. The van der Waals surface area contributed by atoms with Gasteiger partial charge in [-0.25, -0.2) is 4.39 Å². The van der Waals surface area contributed by atoms with Crippen molar-refractivity contribution in [1.82, 2.24) is 5.32 Å². The standard InChI is InChI=1S/C8H16FN/c1-4-8(3)5-7(2,9)6-10-8/h10H,4-6H2,1-3H3. The van der Waals surface area contributed by atoms with Gasteiger partial charge in [-0.15, -0.1) is 0 Å². The largest absolute Gasteiger partial charge is 0.308 e. The number of nitrogens with one attached hydrogen (secondary N) is 1. The molecule has 1 nitrogen and oxygen atoms in total. The Morgan fingerprint density at radius 2 is 2.10 bits per heavy atom. The minimum Gasteiger partial charge on any atom is -0.308 e. The Bertz CT molecular complexity index is 133. The van der Waals surface area contributed by atoms with Gasteiger partial charge in [0.25, 0.3) is 0 Å². The van der Waals surface area contributed by atoms with Crippen LogP contribution < -0.4 is 5.32 Å². The maximum absolute atomic E-state index is 13.2. The Morgan fingerprint density at radius 1 is 1.50 bits per heavy atom. The second-order valence-electron chi connectivity index (χ2n) is 3.86. The van der Waals surface area contributed by atoms with Crippen LogP contribution in [-0.4, -0.2) is 17.8 Å². The van der Waals surface area contributed by atoms with Crippen LogP contribution in [0, 0.1) is 0 Å². The molecule has 2 atom stereocenters. The lowest BCUT2D eigenvalue weighted by atomic mass is 9.92. The van der Waals surface area contributed by atoms with E-state index in [-0.39, 0.29) is 5.54 Å². The number of hydrogen-bond acceptors (Lipinski definition) is 1. The first-order valence-corrected chi connectivity index (χ1v) is 3.91. The fraction of sp³-hybridized carbons (Fsp3) is 1.00. The maximum Gasteiger partial charge on any atom is 0.122 e. The lowest BCUT2D eigenvalue weighted by Gasteiger charge is -2.22. The molecule has 0 aromatic rings. The molecule has 2 unspecified atom stereocenters. The van der Waals surface area contributed by atoms with Crippen molar-refractivity contribution in [2.24, 2.45) is 0 Å². The van der Waals surface area contributed by atoms with Crippen molar-refractivity contribution in [1.29, 1.82) is 0 Å². The van der Waals surface area contributed by atoms with Gasteiger partial charge in [0.2, 0.25) is 0 Å². The summed E-state index contributed by atoms with van der Waals surface area (Å²) in [6.45, 7) is 6.35. The molecule has 0 radical (unpaired) electrons. The highest BCUT2D eigenvalue weighted by atomic mass is 19.1. The number of rotatable bonds is 1. The first-order chi connectivity index (χ1) is 4.47. The van der Waals surface area contributed by atoms with E-state index in [0.29, 0.717) is 13.0 Å². The molecule has 0 bridgehead atoms. The predicted molar refractivity (Wildman–Crippen MR) is 40.8 cm³/mol. The van der Waals surface area contributed by atoms with Gasteiger partial charge in [0, 0.05) is 18.5 Å². The van der Waals surface area contributed by atoms with Gasteiger partial charge < -0.3 is 5.32 Å². The molecule has 1 rings (SSSR count). The third kappa shape index (κ3) is 1.48. The van der Waals surface area contributed by atoms with Crippen LogP contribution in [0.15, 0.2) is 0 Å². The Labute approximate surface area is 62.0 Å². The topological polar surface area (TPSA) is 12.0 Å². The molecule has 0 amide bonds. The normalized spacial score (nSPS) is 48.0. The van der Waals surface area contributed by atoms with E-state index in [9.17, 15) is 4.39 Å². The third-order valence-corrected chi connectivity index (χ3v) is 2.42. The lowest BCUT2D eigenvalue weighted by Crippen LogP contribution is -2.34. The molecule has 0 spiro atoms. The van der Waals surface area contributed by atoms with Crippen LogP contribution in [0.3, 0.4) is 0 Å². The highest BCUT2D eigenvalue weighted by Crippen LogP contribution is 2.32. The molecule has 1 heterocycles. The summed E-state index contributed by atoms with van der Waals surface area (Å²) in [5.74, 6) is 0. The second-order valence-corrected chi connectivity index (χ2v) is 3.86. The molecular formula is C8H16FN. The van der Waals surface area contributed by atoms with Crippen LogP contribution in [0.2, 0.25) is 0 Å². The van der Waals surface area contributed by atoms with E-state index in [2.05, 4.69) is 19.2 Å². The van der Waals surface area contributed by atoms with Gasteiger partial charge in [-0.05, 0) is 20.3 Å². The van der Waals surface area contributed by atoms with Gasteiger partial charge in [-0.2, -0.15) is 0 Å². The fourth-order valence-electron chi connectivity index (χ4n) is 1.59. The van der Waals surface area contributed by atoms with Gasteiger partial charge in [0.1, 0.15) is 5.67 Å². The van der Waals surface area contributed by atoms with E-state index >= 15 is 0 Å². The molecule has 1 saturated heterocycles. The second kappa shape index (κ2) is 2.19. The average Bonchev–Trinajstić information content (AvgIpc) is 2.08. The smallest absolute Gasteiger partial charge is 0.122 e. The molecule has 0 aromatic carbocycles. The van der Waals surface area contributed by atoms with Gasteiger partial charge in [0.15, 0.2) is 0 Å². The Kier molecular flexibility index (Phi) is 1.75. The van der Waals surface area contributed by atoms with E-state index < -0.39 is 5.67 Å². The summed E-state index contributed by atoms with van der Waals surface area (Å²) in [7, 11) is 0. The van der Waals surface area contributed by atoms with Crippen molar-refractivity contribution in [3.05, 3.63) is 0 Å². The van der Waals surface area contributed by atoms with Gasteiger partial charge in [0.05, 0.1) is 0 Å². The lowest BCUT2D eigenvalue weighted by molar-refractivity contribution is 0.202. The first-order valence-electron chi connectivity index (χ1n) is 3.91. The minimum atomic E-state index is -0.981. The molecule has 1 N–H and O–H groups in total. The van der Waals surface area contributed by atoms with Gasteiger partial charge in [-0.3, -0.25) is 0 Å². The van der Waals surface area contributed by atoms with Crippen LogP contribution in [-0.2, 0) is 0 Å². The summed E-state index contributed by atoms with van der Waals surface area (Å²) < 4.78 is 13.2. The Hall–Kier alpha value is -0.110. The van der Waals surface area contributed by atoms with Crippen LogP contribution in [0.4, 0.5) is 4.39 Å². The zero-order chi connectivity index (χ0) is 7.83. The zero-order valence-corrected chi connectivity index (χ0v) is 7.00. The molecule has 0 aliphatic carbocycles. The molecule has 1 aliphatic rings. The van der Waals surface area contributed by atoms with E-state index in [1.807, 2.05) is 0 Å².